The zero-order chi connectivity index (χ0) is 16.2. The molecule has 23 heavy (non-hydrogen) atoms. The lowest BCUT2D eigenvalue weighted by Crippen LogP contribution is -2.07. The first-order chi connectivity index (χ1) is 11.2. The molecule has 0 aliphatic heterocycles. The van der Waals surface area contributed by atoms with E-state index in [0.29, 0.717) is 23.4 Å². The van der Waals surface area contributed by atoms with Gasteiger partial charge >= 0.3 is 0 Å². The van der Waals surface area contributed by atoms with Crippen LogP contribution in [-0.4, -0.2) is 21.3 Å². The highest BCUT2D eigenvalue weighted by atomic mass is 19.1. The van der Waals surface area contributed by atoms with Gasteiger partial charge < -0.3 is 4.74 Å². The van der Waals surface area contributed by atoms with Crippen molar-refractivity contribution < 1.29 is 13.9 Å². The van der Waals surface area contributed by atoms with E-state index in [4.69, 9.17) is 4.74 Å². The molecule has 3 aromatic rings. The molecule has 3 rings (SSSR count). The van der Waals surface area contributed by atoms with Gasteiger partial charge in [-0.15, -0.1) is 5.10 Å². The van der Waals surface area contributed by atoms with Gasteiger partial charge in [-0.05, 0) is 37.3 Å². The highest BCUT2D eigenvalue weighted by molar-refractivity contribution is 5.73. The van der Waals surface area contributed by atoms with Crippen molar-refractivity contribution in [3.8, 4) is 11.4 Å². The second-order valence-electron chi connectivity index (χ2n) is 5.03. The lowest BCUT2D eigenvalue weighted by molar-refractivity contribution is 0.111. The van der Waals surface area contributed by atoms with Crippen molar-refractivity contribution in [1.29, 1.82) is 0 Å². The van der Waals surface area contributed by atoms with Crippen molar-refractivity contribution in [3.63, 3.8) is 0 Å². The Balaban J connectivity index is 1.89. The fraction of sp³-hybridized carbons (Fsp3) is 0.118. The van der Waals surface area contributed by atoms with E-state index in [-0.39, 0.29) is 12.3 Å². The van der Waals surface area contributed by atoms with Crippen molar-refractivity contribution >= 4 is 6.29 Å². The standard InChI is InChI=1S/C17H14FN3O2/c1-12-5-7-15(8-6-12)23-11-17-16(10-22)19-20-21(17)14-4-2-3-13(18)9-14/h2-10H,11H2,1H3. The van der Waals surface area contributed by atoms with Crippen LogP contribution in [0.1, 0.15) is 21.7 Å². The first-order valence-electron chi connectivity index (χ1n) is 7.02. The summed E-state index contributed by atoms with van der Waals surface area (Å²) in [5.41, 5.74) is 2.23. The van der Waals surface area contributed by atoms with Gasteiger partial charge in [-0.25, -0.2) is 9.07 Å². The van der Waals surface area contributed by atoms with Crippen LogP contribution < -0.4 is 4.74 Å². The fourth-order valence-corrected chi connectivity index (χ4v) is 2.14. The zero-order valence-corrected chi connectivity index (χ0v) is 12.4. The Bertz CT molecular complexity index is 828. The molecular weight excluding hydrogens is 297 g/mol. The van der Waals surface area contributed by atoms with Gasteiger partial charge in [0.15, 0.2) is 12.0 Å². The van der Waals surface area contributed by atoms with Crippen LogP contribution in [0.2, 0.25) is 0 Å². The Morgan fingerprint density at radius 2 is 2.00 bits per heavy atom. The third kappa shape index (κ3) is 3.26. The van der Waals surface area contributed by atoms with Crippen LogP contribution in [0, 0.1) is 12.7 Å². The SMILES string of the molecule is Cc1ccc(OCc2c(C=O)nnn2-c2cccc(F)c2)cc1. The maximum Gasteiger partial charge on any atom is 0.172 e. The summed E-state index contributed by atoms with van der Waals surface area (Å²) >= 11 is 0. The Hall–Kier alpha value is -3.02. The van der Waals surface area contributed by atoms with Gasteiger partial charge in [0.05, 0.1) is 5.69 Å². The number of ether oxygens (including phenoxy) is 1. The molecule has 0 spiro atoms. The number of benzene rings is 2. The summed E-state index contributed by atoms with van der Waals surface area (Å²) in [7, 11) is 0. The first-order valence-corrected chi connectivity index (χ1v) is 7.02. The van der Waals surface area contributed by atoms with Gasteiger partial charge in [-0.3, -0.25) is 4.79 Å². The molecule has 0 amide bonds. The average Bonchev–Trinajstić information content (AvgIpc) is 2.97. The lowest BCUT2D eigenvalue weighted by Gasteiger charge is -2.09. The Morgan fingerprint density at radius 3 is 2.70 bits per heavy atom. The Kier molecular flexibility index (Phi) is 4.14. The smallest absolute Gasteiger partial charge is 0.172 e. The summed E-state index contributed by atoms with van der Waals surface area (Å²) in [6.45, 7) is 2.08. The van der Waals surface area contributed by atoms with Gasteiger partial charge in [0.25, 0.3) is 0 Å². The van der Waals surface area contributed by atoms with Gasteiger partial charge in [0, 0.05) is 0 Å². The molecule has 0 unspecified atom stereocenters. The Morgan fingerprint density at radius 1 is 1.22 bits per heavy atom. The highest BCUT2D eigenvalue weighted by Gasteiger charge is 2.15. The number of nitrogens with zero attached hydrogens (tertiary/aromatic N) is 3. The number of halogens is 1. The number of aryl methyl sites for hydroxylation is 1. The van der Waals surface area contributed by atoms with E-state index < -0.39 is 5.82 Å². The van der Waals surface area contributed by atoms with E-state index in [2.05, 4.69) is 10.3 Å². The van der Waals surface area contributed by atoms with Gasteiger partial charge in [-0.2, -0.15) is 0 Å². The molecule has 0 aliphatic carbocycles. The van der Waals surface area contributed by atoms with E-state index in [1.165, 1.54) is 16.8 Å². The third-order valence-corrected chi connectivity index (χ3v) is 3.35. The molecule has 0 saturated carbocycles. The first kappa shape index (κ1) is 14.9. The summed E-state index contributed by atoms with van der Waals surface area (Å²) in [6.07, 6.45) is 0.608. The van der Waals surface area contributed by atoms with Gasteiger partial charge in [0.2, 0.25) is 0 Å². The maximum absolute atomic E-state index is 13.4. The number of hydrogen-bond donors (Lipinski definition) is 0. The monoisotopic (exact) mass is 311 g/mol. The molecule has 1 heterocycles. The second kappa shape index (κ2) is 6.39. The summed E-state index contributed by atoms with van der Waals surface area (Å²) in [5.74, 6) is 0.274. The molecule has 0 aliphatic rings. The Labute approximate surface area is 132 Å². The van der Waals surface area contributed by atoms with Crippen LogP contribution in [-0.2, 0) is 6.61 Å². The molecule has 0 radical (unpaired) electrons. The average molecular weight is 311 g/mol. The van der Waals surface area contributed by atoms with E-state index in [1.54, 1.807) is 12.1 Å². The summed E-state index contributed by atoms with van der Waals surface area (Å²) in [4.78, 5) is 11.1. The number of carbonyl (C=O) groups is 1. The molecule has 2 aromatic carbocycles. The third-order valence-electron chi connectivity index (χ3n) is 3.35. The molecule has 0 saturated heterocycles. The van der Waals surface area contributed by atoms with Crippen LogP contribution in [0.5, 0.6) is 5.75 Å². The molecule has 0 fully saturated rings. The highest BCUT2D eigenvalue weighted by Crippen LogP contribution is 2.17. The molecule has 0 N–H and O–H groups in total. The molecule has 5 nitrogen and oxygen atoms in total. The van der Waals surface area contributed by atoms with Crippen LogP contribution in [0.4, 0.5) is 4.39 Å². The van der Waals surface area contributed by atoms with E-state index in [0.717, 1.165) is 5.56 Å². The topological polar surface area (TPSA) is 57.0 Å². The molecule has 116 valence electrons. The summed E-state index contributed by atoms with van der Waals surface area (Å²) in [5, 5.41) is 7.72. The number of hydrogen-bond acceptors (Lipinski definition) is 4. The minimum absolute atomic E-state index is 0.0979. The molecule has 6 heteroatoms. The number of aromatic nitrogens is 3. The van der Waals surface area contributed by atoms with E-state index in [9.17, 15) is 9.18 Å². The predicted octanol–water partition coefficient (Wildman–Crippen LogP) is 3.11. The van der Waals surface area contributed by atoms with Crippen molar-refractivity contribution in [1.82, 2.24) is 15.0 Å². The van der Waals surface area contributed by atoms with E-state index in [1.807, 2.05) is 31.2 Å². The van der Waals surface area contributed by atoms with Gasteiger partial charge in [-0.1, -0.05) is 29.0 Å². The zero-order valence-electron chi connectivity index (χ0n) is 12.4. The number of rotatable bonds is 5. The molecule has 0 atom stereocenters. The predicted molar refractivity (Wildman–Crippen MR) is 82.2 cm³/mol. The van der Waals surface area contributed by atoms with Crippen LogP contribution in [0.3, 0.4) is 0 Å². The van der Waals surface area contributed by atoms with Crippen molar-refractivity contribution in [2.45, 2.75) is 13.5 Å². The fourth-order valence-electron chi connectivity index (χ4n) is 2.14. The van der Waals surface area contributed by atoms with Crippen LogP contribution in [0.15, 0.2) is 48.5 Å². The summed E-state index contributed by atoms with van der Waals surface area (Å²) in [6, 6.07) is 13.4. The van der Waals surface area contributed by atoms with Crippen molar-refractivity contribution in [2.24, 2.45) is 0 Å². The largest absolute Gasteiger partial charge is 0.487 e. The quantitative estimate of drug-likeness (QED) is 0.679. The van der Waals surface area contributed by atoms with Crippen molar-refractivity contribution in [2.75, 3.05) is 0 Å². The van der Waals surface area contributed by atoms with Crippen LogP contribution >= 0.6 is 0 Å². The van der Waals surface area contributed by atoms with Gasteiger partial charge in [0.1, 0.15) is 23.9 Å². The van der Waals surface area contributed by atoms with Crippen LogP contribution in [0.25, 0.3) is 5.69 Å². The maximum atomic E-state index is 13.4. The normalized spacial score (nSPS) is 10.5. The van der Waals surface area contributed by atoms with E-state index >= 15 is 0 Å². The number of carbonyl (C=O) groups excluding carboxylic acids is 1. The lowest BCUT2D eigenvalue weighted by atomic mass is 10.2. The van der Waals surface area contributed by atoms with Crippen molar-refractivity contribution in [3.05, 3.63) is 71.3 Å². The minimum Gasteiger partial charge on any atom is -0.487 e. The minimum atomic E-state index is -0.393. The molecular formula is C17H14FN3O2. The number of aldehydes is 1. The summed E-state index contributed by atoms with van der Waals surface area (Å²) < 4.78 is 20.5. The molecule has 1 aromatic heterocycles. The second-order valence-corrected chi connectivity index (χ2v) is 5.03. The molecule has 0 bridgehead atoms.